The van der Waals surface area contributed by atoms with Crippen LogP contribution in [0.1, 0.15) is 48.5 Å². The van der Waals surface area contributed by atoms with Crippen LogP contribution in [0.2, 0.25) is 0 Å². The molecular formula is C15H20O3. The highest BCUT2D eigenvalue weighted by atomic mass is 16.5. The van der Waals surface area contributed by atoms with Crippen molar-refractivity contribution in [3.8, 4) is 0 Å². The predicted molar refractivity (Wildman–Crippen MR) is 70.0 cm³/mol. The SMILES string of the molecule is COC1CCC(C)(c2ccc(C(=O)O)cc2)CC1. The Kier molecular flexibility index (Phi) is 3.71. The number of carboxylic acid groups (broad SMARTS) is 1. The first-order valence-electron chi connectivity index (χ1n) is 6.42. The summed E-state index contributed by atoms with van der Waals surface area (Å²) < 4.78 is 5.39. The molecule has 1 aromatic carbocycles. The molecule has 1 aliphatic carbocycles. The zero-order valence-corrected chi connectivity index (χ0v) is 11.0. The molecule has 1 saturated carbocycles. The zero-order chi connectivity index (χ0) is 13.2. The molecule has 1 N–H and O–H groups in total. The molecule has 0 spiro atoms. The number of carboxylic acids is 1. The molecule has 2 rings (SSSR count). The number of ether oxygens (including phenoxy) is 1. The molecule has 98 valence electrons. The number of rotatable bonds is 3. The van der Waals surface area contributed by atoms with Crippen LogP contribution in [0.4, 0.5) is 0 Å². The van der Waals surface area contributed by atoms with Gasteiger partial charge in [-0.25, -0.2) is 4.79 Å². The molecule has 1 aromatic rings. The first-order chi connectivity index (χ1) is 8.55. The topological polar surface area (TPSA) is 46.5 Å². The summed E-state index contributed by atoms with van der Waals surface area (Å²) >= 11 is 0. The first kappa shape index (κ1) is 13.1. The van der Waals surface area contributed by atoms with Gasteiger partial charge >= 0.3 is 5.97 Å². The average Bonchev–Trinajstić information content (AvgIpc) is 2.40. The van der Waals surface area contributed by atoms with E-state index >= 15 is 0 Å². The van der Waals surface area contributed by atoms with Crippen molar-refractivity contribution in [3.63, 3.8) is 0 Å². The van der Waals surface area contributed by atoms with Gasteiger partial charge in [-0.2, -0.15) is 0 Å². The molecule has 0 aromatic heterocycles. The summed E-state index contributed by atoms with van der Waals surface area (Å²) in [4.78, 5) is 10.8. The Morgan fingerprint density at radius 1 is 1.28 bits per heavy atom. The van der Waals surface area contributed by atoms with Gasteiger partial charge in [0.1, 0.15) is 0 Å². The summed E-state index contributed by atoms with van der Waals surface area (Å²) in [5.74, 6) is -0.866. The van der Waals surface area contributed by atoms with Crippen molar-refractivity contribution in [2.45, 2.75) is 44.1 Å². The minimum Gasteiger partial charge on any atom is -0.478 e. The van der Waals surface area contributed by atoms with Gasteiger partial charge in [0.2, 0.25) is 0 Å². The smallest absolute Gasteiger partial charge is 0.335 e. The van der Waals surface area contributed by atoms with E-state index in [-0.39, 0.29) is 5.41 Å². The molecule has 1 aliphatic rings. The van der Waals surface area contributed by atoms with Crippen molar-refractivity contribution in [3.05, 3.63) is 35.4 Å². The van der Waals surface area contributed by atoms with Crippen LogP contribution in [-0.2, 0) is 10.2 Å². The molecule has 0 unspecified atom stereocenters. The average molecular weight is 248 g/mol. The Morgan fingerprint density at radius 2 is 1.83 bits per heavy atom. The van der Waals surface area contributed by atoms with Crippen molar-refractivity contribution in [1.82, 2.24) is 0 Å². The summed E-state index contributed by atoms with van der Waals surface area (Å²) in [6, 6.07) is 7.31. The van der Waals surface area contributed by atoms with E-state index in [1.165, 1.54) is 5.56 Å². The summed E-state index contributed by atoms with van der Waals surface area (Å²) in [6.45, 7) is 2.26. The number of methoxy groups -OCH3 is 1. The third-order valence-electron chi connectivity index (χ3n) is 4.20. The lowest BCUT2D eigenvalue weighted by molar-refractivity contribution is 0.0516. The molecule has 1 fully saturated rings. The molecule has 0 saturated heterocycles. The Bertz CT molecular complexity index is 414. The van der Waals surface area contributed by atoms with E-state index in [0.29, 0.717) is 11.7 Å². The number of benzene rings is 1. The van der Waals surface area contributed by atoms with E-state index in [1.54, 1.807) is 19.2 Å². The summed E-state index contributed by atoms with van der Waals surface area (Å²) in [5, 5.41) is 8.90. The highest BCUT2D eigenvalue weighted by Crippen LogP contribution is 2.39. The molecule has 0 amide bonds. The lowest BCUT2D eigenvalue weighted by atomic mass is 9.70. The highest BCUT2D eigenvalue weighted by Gasteiger charge is 2.32. The van der Waals surface area contributed by atoms with Crippen LogP contribution in [0, 0.1) is 0 Å². The van der Waals surface area contributed by atoms with Crippen LogP contribution in [0.3, 0.4) is 0 Å². The molecule has 3 nitrogen and oxygen atoms in total. The van der Waals surface area contributed by atoms with Gasteiger partial charge in [-0.15, -0.1) is 0 Å². The quantitative estimate of drug-likeness (QED) is 0.893. The molecule has 3 heteroatoms. The molecular weight excluding hydrogens is 228 g/mol. The molecule has 18 heavy (non-hydrogen) atoms. The summed E-state index contributed by atoms with van der Waals surface area (Å²) in [7, 11) is 1.77. The molecule has 0 atom stereocenters. The standard InChI is InChI=1S/C15H20O3/c1-15(9-7-13(18-2)8-10-15)12-5-3-11(4-6-12)14(16)17/h3-6,13H,7-10H2,1-2H3,(H,16,17). The summed E-state index contributed by atoms with van der Waals surface area (Å²) in [6.07, 6.45) is 4.73. The van der Waals surface area contributed by atoms with Gasteiger partial charge in [-0.3, -0.25) is 0 Å². The maximum atomic E-state index is 10.8. The van der Waals surface area contributed by atoms with Crippen molar-refractivity contribution < 1.29 is 14.6 Å². The van der Waals surface area contributed by atoms with E-state index in [4.69, 9.17) is 9.84 Å². The van der Waals surface area contributed by atoms with Crippen molar-refractivity contribution in [2.24, 2.45) is 0 Å². The van der Waals surface area contributed by atoms with Crippen LogP contribution < -0.4 is 0 Å². The maximum Gasteiger partial charge on any atom is 0.335 e. The van der Waals surface area contributed by atoms with E-state index in [0.717, 1.165) is 25.7 Å². The number of hydrogen-bond acceptors (Lipinski definition) is 2. The van der Waals surface area contributed by atoms with Gasteiger partial charge in [-0.05, 0) is 48.8 Å². The minimum atomic E-state index is -0.866. The highest BCUT2D eigenvalue weighted by molar-refractivity contribution is 5.87. The Balaban J connectivity index is 2.13. The van der Waals surface area contributed by atoms with Crippen molar-refractivity contribution >= 4 is 5.97 Å². The van der Waals surface area contributed by atoms with Crippen LogP contribution in [0.5, 0.6) is 0 Å². The molecule has 0 heterocycles. The second-order valence-electron chi connectivity index (χ2n) is 5.38. The lowest BCUT2D eigenvalue weighted by Crippen LogP contribution is -2.31. The van der Waals surface area contributed by atoms with Gasteiger partial charge in [0.05, 0.1) is 11.7 Å². The number of aromatic carboxylic acids is 1. The largest absolute Gasteiger partial charge is 0.478 e. The molecule has 0 radical (unpaired) electrons. The van der Waals surface area contributed by atoms with Crippen LogP contribution in [-0.4, -0.2) is 24.3 Å². The third-order valence-corrected chi connectivity index (χ3v) is 4.20. The first-order valence-corrected chi connectivity index (χ1v) is 6.42. The Morgan fingerprint density at radius 3 is 2.28 bits per heavy atom. The lowest BCUT2D eigenvalue weighted by Gasteiger charge is -2.37. The third kappa shape index (κ3) is 2.56. The Hall–Kier alpha value is -1.35. The van der Waals surface area contributed by atoms with Gasteiger partial charge in [-0.1, -0.05) is 19.1 Å². The minimum absolute atomic E-state index is 0.159. The van der Waals surface area contributed by atoms with E-state index in [2.05, 4.69) is 6.92 Å². The van der Waals surface area contributed by atoms with E-state index < -0.39 is 5.97 Å². The van der Waals surface area contributed by atoms with Crippen LogP contribution in [0.15, 0.2) is 24.3 Å². The monoisotopic (exact) mass is 248 g/mol. The van der Waals surface area contributed by atoms with Gasteiger partial charge in [0, 0.05) is 7.11 Å². The fourth-order valence-electron chi connectivity index (χ4n) is 2.77. The second kappa shape index (κ2) is 5.11. The maximum absolute atomic E-state index is 10.8. The number of hydrogen-bond donors (Lipinski definition) is 1. The normalized spacial score (nSPS) is 28.0. The fraction of sp³-hybridized carbons (Fsp3) is 0.533. The number of carbonyl (C=O) groups is 1. The van der Waals surface area contributed by atoms with Crippen molar-refractivity contribution in [2.75, 3.05) is 7.11 Å². The summed E-state index contributed by atoms with van der Waals surface area (Å²) in [5.41, 5.74) is 1.75. The fourth-order valence-corrected chi connectivity index (χ4v) is 2.77. The van der Waals surface area contributed by atoms with E-state index in [9.17, 15) is 4.79 Å². The predicted octanol–water partition coefficient (Wildman–Crippen LogP) is 3.23. The zero-order valence-electron chi connectivity index (χ0n) is 11.0. The van der Waals surface area contributed by atoms with Crippen molar-refractivity contribution in [1.29, 1.82) is 0 Å². The van der Waals surface area contributed by atoms with Crippen LogP contribution >= 0.6 is 0 Å². The van der Waals surface area contributed by atoms with Crippen LogP contribution in [0.25, 0.3) is 0 Å². The van der Waals surface area contributed by atoms with Gasteiger partial charge in [0.15, 0.2) is 0 Å². The Labute approximate surface area is 108 Å². The van der Waals surface area contributed by atoms with E-state index in [1.807, 2.05) is 12.1 Å². The van der Waals surface area contributed by atoms with Gasteiger partial charge < -0.3 is 9.84 Å². The molecule has 0 bridgehead atoms. The van der Waals surface area contributed by atoms with Gasteiger partial charge in [0.25, 0.3) is 0 Å². The molecule has 0 aliphatic heterocycles. The second-order valence-corrected chi connectivity index (χ2v) is 5.38.